The highest BCUT2D eigenvalue weighted by molar-refractivity contribution is 9.09. The van der Waals surface area contributed by atoms with Gasteiger partial charge in [-0.15, -0.1) is 0 Å². The molecule has 3 rings (SSSR count). The van der Waals surface area contributed by atoms with Crippen molar-refractivity contribution in [3.8, 4) is 5.75 Å². The van der Waals surface area contributed by atoms with E-state index in [1.807, 2.05) is 36.4 Å². The van der Waals surface area contributed by atoms with Crippen LogP contribution in [0.5, 0.6) is 5.75 Å². The highest BCUT2D eigenvalue weighted by Gasteiger charge is 2.38. The van der Waals surface area contributed by atoms with Gasteiger partial charge in [0.25, 0.3) is 0 Å². The number of benzene rings is 2. The lowest BCUT2D eigenvalue weighted by Crippen LogP contribution is -2.49. The van der Waals surface area contributed by atoms with E-state index < -0.39 is 12.1 Å². The van der Waals surface area contributed by atoms with Crippen LogP contribution in [0.2, 0.25) is 0 Å². The molecule has 1 aliphatic heterocycles. The predicted molar refractivity (Wildman–Crippen MR) is 90.9 cm³/mol. The van der Waals surface area contributed by atoms with Crippen LogP contribution in [0.4, 0.5) is 0 Å². The molecule has 0 bridgehead atoms. The molecule has 2 aromatic rings. The van der Waals surface area contributed by atoms with Gasteiger partial charge in [-0.2, -0.15) is 0 Å². The van der Waals surface area contributed by atoms with E-state index in [-0.39, 0.29) is 11.7 Å². The Labute approximate surface area is 143 Å². The monoisotopic (exact) mass is 373 g/mol. The maximum absolute atomic E-state index is 12.8. The number of amides is 1. The molecule has 0 aliphatic carbocycles. The minimum absolute atomic E-state index is 0.122. The van der Waals surface area contributed by atoms with E-state index in [9.17, 15) is 9.59 Å². The van der Waals surface area contributed by atoms with Crippen LogP contribution in [-0.4, -0.2) is 23.1 Å². The molecule has 2 aromatic carbocycles. The minimum Gasteiger partial charge on any atom is -0.482 e. The Morgan fingerprint density at radius 3 is 2.52 bits per heavy atom. The third kappa shape index (κ3) is 3.29. The van der Waals surface area contributed by atoms with Crippen molar-refractivity contribution in [2.24, 2.45) is 0 Å². The van der Waals surface area contributed by atoms with E-state index in [2.05, 4.69) is 21.2 Å². The predicted octanol–water partition coefficient (Wildman–Crippen LogP) is 3.27. The van der Waals surface area contributed by atoms with E-state index in [4.69, 9.17) is 4.74 Å². The Kier molecular flexibility index (Phi) is 4.76. The SMILES string of the molecule is O=C(CCBr)NC1C(=O)c2ccccc2OC1c1ccccc1. The molecule has 1 amide bonds. The lowest BCUT2D eigenvalue weighted by molar-refractivity contribution is -0.121. The molecule has 2 atom stereocenters. The molecular formula is C18H16BrNO3. The third-order valence-electron chi connectivity index (χ3n) is 3.76. The van der Waals surface area contributed by atoms with E-state index in [0.717, 1.165) is 5.56 Å². The number of alkyl halides is 1. The number of ether oxygens (including phenoxy) is 1. The molecule has 0 aromatic heterocycles. The van der Waals surface area contributed by atoms with Crippen LogP contribution < -0.4 is 10.1 Å². The number of halogens is 1. The van der Waals surface area contributed by atoms with Gasteiger partial charge in [-0.25, -0.2) is 0 Å². The third-order valence-corrected chi connectivity index (χ3v) is 4.15. The Morgan fingerprint density at radius 1 is 1.09 bits per heavy atom. The smallest absolute Gasteiger partial charge is 0.221 e. The van der Waals surface area contributed by atoms with Crippen LogP contribution in [0.15, 0.2) is 54.6 Å². The van der Waals surface area contributed by atoms with E-state index in [0.29, 0.717) is 23.1 Å². The van der Waals surface area contributed by atoms with Crippen LogP contribution in [0.1, 0.15) is 28.4 Å². The number of fused-ring (bicyclic) bond motifs is 1. The Balaban J connectivity index is 1.97. The molecule has 5 heteroatoms. The molecular weight excluding hydrogens is 358 g/mol. The van der Waals surface area contributed by atoms with Gasteiger partial charge in [0.1, 0.15) is 11.8 Å². The summed E-state index contributed by atoms with van der Waals surface area (Å²) in [5.74, 6) is 0.255. The average Bonchev–Trinajstić information content (AvgIpc) is 2.58. The van der Waals surface area contributed by atoms with Crippen LogP contribution in [0, 0.1) is 0 Å². The molecule has 0 saturated carbocycles. The number of hydrogen-bond donors (Lipinski definition) is 1. The molecule has 0 spiro atoms. The maximum Gasteiger partial charge on any atom is 0.221 e. The van der Waals surface area contributed by atoms with Crippen molar-refractivity contribution in [2.75, 3.05) is 5.33 Å². The maximum atomic E-state index is 12.8. The lowest BCUT2D eigenvalue weighted by Gasteiger charge is -2.33. The molecule has 0 saturated heterocycles. The first kappa shape index (κ1) is 15.7. The Hall–Kier alpha value is -2.14. The number of Topliss-reactive ketones (excluding diaryl/α,β-unsaturated/α-hetero) is 1. The molecule has 23 heavy (non-hydrogen) atoms. The highest BCUT2D eigenvalue weighted by atomic mass is 79.9. The van der Waals surface area contributed by atoms with Gasteiger partial charge in [0, 0.05) is 11.8 Å². The van der Waals surface area contributed by atoms with Gasteiger partial charge in [-0.3, -0.25) is 9.59 Å². The number of nitrogens with one attached hydrogen (secondary N) is 1. The molecule has 118 valence electrons. The second-order valence-electron chi connectivity index (χ2n) is 5.29. The van der Waals surface area contributed by atoms with Gasteiger partial charge in [0.05, 0.1) is 5.56 Å². The first-order chi connectivity index (χ1) is 11.2. The molecule has 1 heterocycles. The van der Waals surface area contributed by atoms with E-state index in [1.165, 1.54) is 0 Å². The topological polar surface area (TPSA) is 55.4 Å². The summed E-state index contributed by atoms with van der Waals surface area (Å²) in [6, 6.07) is 15.9. The second-order valence-corrected chi connectivity index (χ2v) is 6.09. The van der Waals surface area contributed by atoms with Crippen LogP contribution in [0.3, 0.4) is 0 Å². The normalized spacial score (nSPS) is 19.6. The number of rotatable bonds is 4. The molecule has 1 aliphatic rings. The van der Waals surface area contributed by atoms with E-state index in [1.54, 1.807) is 18.2 Å². The van der Waals surface area contributed by atoms with Crippen molar-refractivity contribution >= 4 is 27.6 Å². The molecule has 0 radical (unpaired) electrons. The zero-order valence-electron chi connectivity index (χ0n) is 12.4. The summed E-state index contributed by atoms with van der Waals surface area (Å²) in [6.07, 6.45) is -0.217. The molecule has 1 N–H and O–H groups in total. The average molecular weight is 374 g/mol. The van der Waals surface area contributed by atoms with Crippen LogP contribution in [0.25, 0.3) is 0 Å². The van der Waals surface area contributed by atoms with Crippen molar-refractivity contribution in [1.29, 1.82) is 0 Å². The fourth-order valence-corrected chi connectivity index (χ4v) is 3.02. The summed E-state index contributed by atoms with van der Waals surface area (Å²) in [7, 11) is 0. The summed E-state index contributed by atoms with van der Waals surface area (Å²) >= 11 is 3.24. The minimum atomic E-state index is -0.723. The zero-order valence-corrected chi connectivity index (χ0v) is 14.0. The number of hydrogen-bond acceptors (Lipinski definition) is 3. The summed E-state index contributed by atoms with van der Waals surface area (Å²) < 4.78 is 6.03. The Bertz CT molecular complexity index is 717. The van der Waals surface area contributed by atoms with Gasteiger partial charge < -0.3 is 10.1 Å². The van der Waals surface area contributed by atoms with Gasteiger partial charge in [-0.1, -0.05) is 58.4 Å². The molecule has 4 nitrogen and oxygen atoms in total. The first-order valence-corrected chi connectivity index (χ1v) is 8.53. The summed E-state index contributed by atoms with van der Waals surface area (Å²) in [6.45, 7) is 0. The van der Waals surface area contributed by atoms with Gasteiger partial charge in [-0.05, 0) is 17.7 Å². The largest absolute Gasteiger partial charge is 0.482 e. The fraction of sp³-hybridized carbons (Fsp3) is 0.222. The van der Waals surface area contributed by atoms with Crippen molar-refractivity contribution in [1.82, 2.24) is 5.32 Å². The summed E-state index contributed by atoms with van der Waals surface area (Å²) in [4.78, 5) is 24.8. The number of carbonyl (C=O) groups excluding carboxylic acids is 2. The zero-order chi connectivity index (χ0) is 16.2. The number of carbonyl (C=O) groups is 2. The Morgan fingerprint density at radius 2 is 1.78 bits per heavy atom. The van der Waals surface area contributed by atoms with Gasteiger partial charge >= 0.3 is 0 Å². The van der Waals surface area contributed by atoms with Crippen molar-refractivity contribution in [3.63, 3.8) is 0 Å². The fourth-order valence-electron chi connectivity index (χ4n) is 2.66. The quantitative estimate of drug-likeness (QED) is 0.836. The number of para-hydroxylation sites is 1. The summed E-state index contributed by atoms with van der Waals surface area (Å²) in [5.41, 5.74) is 1.36. The number of ketones is 1. The van der Waals surface area contributed by atoms with Crippen LogP contribution >= 0.6 is 15.9 Å². The lowest BCUT2D eigenvalue weighted by atomic mass is 9.91. The van der Waals surface area contributed by atoms with Gasteiger partial charge in [0.15, 0.2) is 11.9 Å². The summed E-state index contributed by atoms with van der Waals surface area (Å²) in [5, 5.41) is 3.36. The van der Waals surface area contributed by atoms with Crippen molar-refractivity contribution in [2.45, 2.75) is 18.6 Å². The van der Waals surface area contributed by atoms with E-state index >= 15 is 0 Å². The first-order valence-electron chi connectivity index (χ1n) is 7.41. The van der Waals surface area contributed by atoms with Crippen molar-refractivity contribution in [3.05, 3.63) is 65.7 Å². The standard InChI is InChI=1S/C18H16BrNO3/c19-11-10-15(21)20-16-17(22)13-8-4-5-9-14(13)23-18(16)12-6-2-1-3-7-12/h1-9,16,18H,10-11H2,(H,20,21). The second kappa shape index (κ2) is 6.96. The van der Waals surface area contributed by atoms with Gasteiger partial charge in [0.2, 0.25) is 5.91 Å². The molecule has 2 unspecified atom stereocenters. The van der Waals surface area contributed by atoms with Crippen molar-refractivity contribution < 1.29 is 14.3 Å². The highest BCUT2D eigenvalue weighted by Crippen LogP contribution is 2.35. The van der Waals surface area contributed by atoms with Crippen LogP contribution in [-0.2, 0) is 4.79 Å². The molecule has 0 fully saturated rings.